The number of halogens is 2. The van der Waals surface area contributed by atoms with Crippen molar-refractivity contribution in [1.82, 2.24) is 19.5 Å². The van der Waals surface area contributed by atoms with Crippen LogP contribution in [-0.4, -0.2) is 30.6 Å². The second-order valence-corrected chi connectivity index (χ2v) is 9.78. The Kier molecular flexibility index (Phi) is 7.18. The van der Waals surface area contributed by atoms with Gasteiger partial charge in [0.05, 0.1) is 29.3 Å². The summed E-state index contributed by atoms with van der Waals surface area (Å²) in [5, 5.41) is 9.82. The van der Waals surface area contributed by atoms with Crippen LogP contribution in [0.3, 0.4) is 0 Å². The Hall–Kier alpha value is -5.02. The summed E-state index contributed by atoms with van der Waals surface area (Å²) < 4.78 is 27.5. The first-order valence-electron chi connectivity index (χ1n) is 12.7. The van der Waals surface area contributed by atoms with E-state index in [9.17, 15) is 14.3 Å². The molecule has 3 aromatic heterocycles. The number of nitrogens with zero attached hydrogens (tertiary/aromatic N) is 4. The molecule has 0 radical (unpaired) electrons. The van der Waals surface area contributed by atoms with E-state index < -0.39 is 11.8 Å². The summed E-state index contributed by atoms with van der Waals surface area (Å²) in [5.41, 5.74) is 4.60. The van der Waals surface area contributed by atoms with Gasteiger partial charge in [-0.15, -0.1) is 0 Å². The van der Waals surface area contributed by atoms with Crippen molar-refractivity contribution in [1.29, 1.82) is 0 Å². The molecule has 10 heteroatoms. The van der Waals surface area contributed by atoms with Crippen LogP contribution in [0.5, 0.6) is 5.88 Å². The van der Waals surface area contributed by atoms with E-state index in [1.54, 1.807) is 42.7 Å². The molecule has 0 amide bonds. The molecule has 0 saturated heterocycles. The van der Waals surface area contributed by atoms with Crippen LogP contribution >= 0.6 is 11.6 Å². The smallest absolute Gasteiger partial charge is 0.335 e. The van der Waals surface area contributed by atoms with E-state index in [4.69, 9.17) is 25.7 Å². The van der Waals surface area contributed by atoms with Crippen LogP contribution in [0.25, 0.3) is 22.2 Å². The van der Waals surface area contributed by atoms with Crippen molar-refractivity contribution in [3.63, 3.8) is 0 Å². The number of pyridine rings is 1. The maximum Gasteiger partial charge on any atom is 0.335 e. The van der Waals surface area contributed by atoms with Gasteiger partial charge in [-0.1, -0.05) is 41.9 Å². The van der Waals surface area contributed by atoms with Gasteiger partial charge in [0, 0.05) is 28.8 Å². The number of rotatable bonds is 9. The highest BCUT2D eigenvalue weighted by atomic mass is 35.5. The molecule has 0 fully saturated rings. The van der Waals surface area contributed by atoms with E-state index in [-0.39, 0.29) is 12.2 Å². The van der Waals surface area contributed by atoms with Crippen LogP contribution in [0, 0.1) is 5.82 Å². The average molecular weight is 569 g/mol. The third kappa shape index (κ3) is 5.66. The quantitative estimate of drug-likeness (QED) is 0.205. The van der Waals surface area contributed by atoms with Crippen molar-refractivity contribution >= 4 is 28.6 Å². The molecule has 0 aliphatic heterocycles. The number of carboxylic acid groups (broad SMARTS) is 1. The van der Waals surface area contributed by atoms with Gasteiger partial charge in [0.1, 0.15) is 24.0 Å². The molecule has 8 nitrogen and oxygen atoms in total. The van der Waals surface area contributed by atoms with Gasteiger partial charge in [-0.2, -0.15) is 0 Å². The van der Waals surface area contributed by atoms with Crippen molar-refractivity contribution in [3.8, 4) is 17.0 Å². The summed E-state index contributed by atoms with van der Waals surface area (Å²) in [5.74, 6) is 0.324. The topological polar surface area (TPSA) is 103 Å². The molecule has 1 N–H and O–H groups in total. The summed E-state index contributed by atoms with van der Waals surface area (Å²) in [6, 6.07) is 21.0. The zero-order chi connectivity index (χ0) is 28.3. The number of imidazole rings is 1. The molecule has 204 valence electrons. The first-order valence-corrected chi connectivity index (χ1v) is 13.0. The minimum absolute atomic E-state index is 0.0100. The molecule has 0 saturated carbocycles. The highest BCUT2D eigenvalue weighted by Crippen LogP contribution is 2.30. The van der Waals surface area contributed by atoms with Crippen molar-refractivity contribution in [3.05, 3.63) is 131 Å². The summed E-state index contributed by atoms with van der Waals surface area (Å²) in [7, 11) is 0. The lowest BCUT2D eigenvalue weighted by Crippen LogP contribution is -2.06. The molecule has 0 aliphatic rings. The maximum atomic E-state index is 14.2. The molecule has 0 aliphatic carbocycles. The standard InChI is InChI=1S/C31H22ClFN4O4/c32-23-9-7-22(26(33)14-23)17-40-30-25(2-1-11-35-30)20-5-3-19(4-6-20)12-29-36-27-10-8-21(31(38)39)13-28(27)37(29)16-24-15-34-18-41-24/h1-11,13-15,18H,12,16-17H2,(H,38,39). The zero-order valence-electron chi connectivity index (χ0n) is 21.5. The number of ether oxygens (including phenoxy) is 1. The van der Waals surface area contributed by atoms with Gasteiger partial charge < -0.3 is 18.8 Å². The minimum Gasteiger partial charge on any atom is -0.478 e. The van der Waals surface area contributed by atoms with Gasteiger partial charge in [0.25, 0.3) is 0 Å². The fourth-order valence-corrected chi connectivity index (χ4v) is 4.75. The van der Waals surface area contributed by atoms with Crippen molar-refractivity contribution < 1.29 is 23.4 Å². The van der Waals surface area contributed by atoms with Crippen molar-refractivity contribution in [2.45, 2.75) is 19.6 Å². The number of benzene rings is 3. The van der Waals surface area contributed by atoms with Gasteiger partial charge in [-0.05, 0) is 53.6 Å². The van der Waals surface area contributed by atoms with E-state index in [1.807, 2.05) is 41.0 Å². The molecule has 3 aromatic carbocycles. The number of carbonyl (C=O) groups is 1. The van der Waals surface area contributed by atoms with Crippen LogP contribution < -0.4 is 4.74 Å². The van der Waals surface area contributed by atoms with Gasteiger partial charge in [0.15, 0.2) is 6.39 Å². The lowest BCUT2D eigenvalue weighted by molar-refractivity contribution is 0.0697. The third-order valence-electron chi connectivity index (χ3n) is 6.65. The highest BCUT2D eigenvalue weighted by molar-refractivity contribution is 6.30. The van der Waals surface area contributed by atoms with Gasteiger partial charge in [-0.3, -0.25) is 0 Å². The number of aromatic carboxylic acids is 1. The van der Waals surface area contributed by atoms with E-state index >= 15 is 0 Å². The third-order valence-corrected chi connectivity index (χ3v) is 6.88. The summed E-state index contributed by atoms with van der Waals surface area (Å²) in [6.45, 7) is 0.369. The molecule has 0 atom stereocenters. The van der Waals surface area contributed by atoms with Crippen molar-refractivity contribution in [2.24, 2.45) is 0 Å². The number of hydrogen-bond donors (Lipinski definition) is 1. The van der Waals surface area contributed by atoms with E-state index in [2.05, 4.69) is 9.97 Å². The second-order valence-electron chi connectivity index (χ2n) is 9.34. The molecule has 6 aromatic rings. The minimum atomic E-state index is -1.01. The molecular weight excluding hydrogens is 547 g/mol. The van der Waals surface area contributed by atoms with E-state index in [1.165, 1.54) is 12.5 Å². The van der Waals surface area contributed by atoms with Crippen LogP contribution in [0.2, 0.25) is 5.02 Å². The number of oxazole rings is 1. The van der Waals surface area contributed by atoms with Crippen LogP contribution in [0.15, 0.2) is 96.0 Å². The summed E-state index contributed by atoms with van der Waals surface area (Å²) in [4.78, 5) is 24.7. The fourth-order valence-electron chi connectivity index (χ4n) is 4.59. The SMILES string of the molecule is O=C(O)c1ccc2nc(Cc3ccc(-c4cccnc4OCc4ccc(Cl)cc4F)cc3)n(Cc3cnco3)c2c1. The second kappa shape index (κ2) is 11.2. The van der Waals surface area contributed by atoms with Crippen LogP contribution in [0.1, 0.15) is 33.1 Å². The van der Waals surface area contributed by atoms with E-state index in [0.29, 0.717) is 46.2 Å². The Morgan fingerprint density at radius 2 is 1.93 bits per heavy atom. The van der Waals surface area contributed by atoms with E-state index in [0.717, 1.165) is 22.5 Å². The van der Waals surface area contributed by atoms with Crippen LogP contribution in [0.4, 0.5) is 4.39 Å². The molecule has 3 heterocycles. The molecular formula is C31H22ClFN4O4. The average Bonchev–Trinajstić information content (AvgIpc) is 3.61. The van der Waals surface area contributed by atoms with Gasteiger partial charge in [0.2, 0.25) is 5.88 Å². The predicted molar refractivity (Wildman–Crippen MR) is 151 cm³/mol. The monoisotopic (exact) mass is 568 g/mol. The lowest BCUT2D eigenvalue weighted by Gasteiger charge is -2.12. The molecule has 0 unspecified atom stereocenters. The Bertz CT molecular complexity index is 1850. The summed E-state index contributed by atoms with van der Waals surface area (Å²) >= 11 is 5.85. The zero-order valence-corrected chi connectivity index (χ0v) is 22.3. The maximum absolute atomic E-state index is 14.2. The first-order chi connectivity index (χ1) is 19.9. The number of carboxylic acids is 1. The Morgan fingerprint density at radius 3 is 2.68 bits per heavy atom. The molecule has 6 rings (SSSR count). The number of fused-ring (bicyclic) bond motifs is 1. The van der Waals surface area contributed by atoms with Crippen molar-refractivity contribution in [2.75, 3.05) is 0 Å². The lowest BCUT2D eigenvalue weighted by atomic mass is 10.0. The Balaban J connectivity index is 1.26. The highest BCUT2D eigenvalue weighted by Gasteiger charge is 2.16. The molecule has 41 heavy (non-hydrogen) atoms. The van der Waals surface area contributed by atoms with Gasteiger partial charge >= 0.3 is 5.97 Å². The Labute approximate surface area is 238 Å². The first kappa shape index (κ1) is 26.2. The molecule has 0 bridgehead atoms. The fraction of sp³-hybridized carbons (Fsp3) is 0.0968. The number of aromatic nitrogens is 4. The number of hydrogen-bond acceptors (Lipinski definition) is 6. The normalized spacial score (nSPS) is 11.2. The predicted octanol–water partition coefficient (Wildman–Crippen LogP) is 6.80. The van der Waals surface area contributed by atoms with Gasteiger partial charge in [-0.25, -0.2) is 24.1 Å². The van der Waals surface area contributed by atoms with Crippen LogP contribution in [-0.2, 0) is 19.6 Å². The Morgan fingerprint density at radius 1 is 1.07 bits per heavy atom. The largest absolute Gasteiger partial charge is 0.478 e. The summed E-state index contributed by atoms with van der Waals surface area (Å²) in [6.07, 6.45) is 5.11. The molecule has 0 spiro atoms.